The van der Waals surface area contributed by atoms with Crippen LogP contribution in [0.25, 0.3) is 0 Å². The van der Waals surface area contributed by atoms with Crippen molar-refractivity contribution in [3.05, 3.63) is 0 Å². The van der Waals surface area contributed by atoms with Crippen molar-refractivity contribution in [2.45, 2.75) is 53.9 Å². The molecule has 0 rings (SSSR count). The Hall–Kier alpha value is -1.24. The number of isocyanates is 2. The Bertz CT molecular complexity index is 199. The Morgan fingerprint density at radius 2 is 1.44 bits per heavy atom. The predicted molar refractivity (Wildman–Crippen MR) is 65.0 cm³/mol. The summed E-state index contributed by atoms with van der Waals surface area (Å²) in [5.74, 6) is 0.819. The van der Waals surface area contributed by atoms with E-state index in [1.807, 2.05) is 0 Å². The predicted octanol–water partition coefficient (Wildman–Crippen LogP) is 3.66. The average Bonchev–Trinajstić information content (AvgIpc) is 2.17. The molecule has 0 radical (unpaired) electrons. The number of carbonyl (C=O) groups excluding carboxylic acids is 2. The van der Waals surface area contributed by atoms with Gasteiger partial charge in [-0.15, -0.1) is 0 Å². The van der Waals surface area contributed by atoms with Crippen LogP contribution in [0.1, 0.15) is 53.9 Å². The standard InChI is InChI=1S/C10H22.2CHNO/c1-6-7-8-10(4,5)9(2)3;2*2-1-3/h9H,6-8H2,1-5H3;2*2H. The van der Waals surface area contributed by atoms with Gasteiger partial charge in [-0.25, -0.2) is 20.4 Å². The lowest BCUT2D eigenvalue weighted by molar-refractivity contribution is 0.223. The summed E-state index contributed by atoms with van der Waals surface area (Å²) in [4.78, 5) is 16.7. The number of nitrogens with one attached hydrogen (secondary N) is 2. The first-order valence-electron chi connectivity index (χ1n) is 5.41. The van der Waals surface area contributed by atoms with Crippen LogP contribution in [0.4, 0.5) is 0 Å². The lowest BCUT2D eigenvalue weighted by atomic mass is 9.77. The van der Waals surface area contributed by atoms with Crippen molar-refractivity contribution in [1.29, 1.82) is 10.8 Å². The Labute approximate surface area is 98.5 Å². The highest BCUT2D eigenvalue weighted by atomic mass is 16.1. The monoisotopic (exact) mass is 228 g/mol. The summed E-state index contributed by atoms with van der Waals surface area (Å²) in [5.41, 5.74) is 0.552. The highest BCUT2D eigenvalue weighted by Gasteiger charge is 2.20. The molecule has 16 heavy (non-hydrogen) atoms. The molecule has 0 aromatic carbocycles. The van der Waals surface area contributed by atoms with E-state index in [4.69, 9.17) is 20.4 Å². The molecule has 0 atom stereocenters. The Kier molecular flexibility index (Phi) is 17.4. The minimum atomic E-state index is 0.552. The zero-order chi connectivity index (χ0) is 13.6. The minimum Gasteiger partial charge on any atom is -0.222 e. The molecule has 4 nitrogen and oxygen atoms in total. The van der Waals surface area contributed by atoms with Crippen LogP contribution in [-0.4, -0.2) is 12.2 Å². The van der Waals surface area contributed by atoms with Crippen molar-refractivity contribution in [3.8, 4) is 0 Å². The molecule has 0 unspecified atom stereocenters. The molecule has 0 saturated heterocycles. The molecule has 0 spiro atoms. The summed E-state index contributed by atoms with van der Waals surface area (Å²) in [6.07, 6.45) is 5.59. The van der Waals surface area contributed by atoms with Crippen molar-refractivity contribution in [1.82, 2.24) is 0 Å². The van der Waals surface area contributed by atoms with Crippen LogP contribution in [0, 0.1) is 22.2 Å². The van der Waals surface area contributed by atoms with Crippen molar-refractivity contribution in [2.75, 3.05) is 0 Å². The average molecular weight is 228 g/mol. The molecule has 0 aliphatic rings. The van der Waals surface area contributed by atoms with Gasteiger partial charge in [0.1, 0.15) is 0 Å². The molecule has 0 aromatic heterocycles. The van der Waals surface area contributed by atoms with Crippen LogP contribution in [0.5, 0.6) is 0 Å². The summed E-state index contributed by atoms with van der Waals surface area (Å²) < 4.78 is 0. The first-order chi connectivity index (χ1) is 7.33. The van der Waals surface area contributed by atoms with E-state index in [1.165, 1.54) is 19.3 Å². The van der Waals surface area contributed by atoms with Crippen molar-refractivity contribution in [2.24, 2.45) is 11.3 Å². The van der Waals surface area contributed by atoms with Gasteiger partial charge in [0, 0.05) is 0 Å². The Balaban J connectivity index is -0.000000235. The van der Waals surface area contributed by atoms with Crippen LogP contribution < -0.4 is 0 Å². The summed E-state index contributed by atoms with van der Waals surface area (Å²) in [6.45, 7) is 11.6. The van der Waals surface area contributed by atoms with Crippen LogP contribution in [0.2, 0.25) is 0 Å². The zero-order valence-electron chi connectivity index (χ0n) is 11.0. The first-order valence-corrected chi connectivity index (χ1v) is 5.41. The third kappa shape index (κ3) is 18.5. The lowest BCUT2D eigenvalue weighted by Gasteiger charge is -2.28. The number of hydrogen-bond acceptors (Lipinski definition) is 4. The van der Waals surface area contributed by atoms with Crippen LogP contribution in [0.15, 0.2) is 0 Å². The summed E-state index contributed by atoms with van der Waals surface area (Å²) in [6, 6.07) is 0. The smallest absolute Gasteiger partial charge is 0.222 e. The number of rotatable bonds is 4. The van der Waals surface area contributed by atoms with Gasteiger partial charge in [0.2, 0.25) is 12.2 Å². The Morgan fingerprint density at radius 1 is 1.12 bits per heavy atom. The van der Waals surface area contributed by atoms with Crippen molar-refractivity contribution in [3.63, 3.8) is 0 Å². The van der Waals surface area contributed by atoms with Crippen molar-refractivity contribution >= 4 is 12.2 Å². The maximum atomic E-state index is 8.35. The van der Waals surface area contributed by atoms with Crippen LogP contribution in [0.3, 0.4) is 0 Å². The first kappa shape index (κ1) is 20.2. The highest BCUT2D eigenvalue weighted by Crippen LogP contribution is 2.31. The second-order valence-electron chi connectivity index (χ2n) is 4.45. The van der Waals surface area contributed by atoms with Gasteiger partial charge in [0.15, 0.2) is 0 Å². The fourth-order valence-corrected chi connectivity index (χ4v) is 0.921. The number of hydrogen-bond donors (Lipinski definition) is 2. The van der Waals surface area contributed by atoms with Gasteiger partial charge in [0.25, 0.3) is 0 Å². The molecule has 0 aromatic rings. The van der Waals surface area contributed by atoms with E-state index < -0.39 is 0 Å². The molecular weight excluding hydrogens is 204 g/mol. The van der Waals surface area contributed by atoms with Gasteiger partial charge in [0.05, 0.1) is 0 Å². The molecule has 2 N–H and O–H groups in total. The van der Waals surface area contributed by atoms with Gasteiger partial charge in [-0.05, 0) is 17.8 Å². The largest absolute Gasteiger partial charge is 0.231 e. The molecule has 0 aliphatic heterocycles. The molecule has 0 bridgehead atoms. The van der Waals surface area contributed by atoms with Gasteiger partial charge in [-0.1, -0.05) is 47.5 Å². The zero-order valence-corrected chi connectivity index (χ0v) is 11.0. The maximum Gasteiger partial charge on any atom is 0.231 e. The molecule has 94 valence electrons. The normalized spacial score (nSPS) is 8.88. The van der Waals surface area contributed by atoms with E-state index in [9.17, 15) is 0 Å². The summed E-state index contributed by atoms with van der Waals surface area (Å²) in [7, 11) is 0. The van der Waals surface area contributed by atoms with Gasteiger partial charge >= 0.3 is 0 Å². The molecule has 0 aliphatic carbocycles. The number of unbranched alkanes of at least 4 members (excludes halogenated alkanes) is 1. The van der Waals surface area contributed by atoms with Gasteiger partial charge in [-0.2, -0.15) is 0 Å². The molecule has 4 heteroatoms. The van der Waals surface area contributed by atoms with Crippen molar-refractivity contribution < 1.29 is 9.59 Å². The quantitative estimate of drug-likeness (QED) is 0.568. The fraction of sp³-hybridized carbons (Fsp3) is 0.833. The molecule has 0 saturated carbocycles. The van der Waals surface area contributed by atoms with Gasteiger partial charge < -0.3 is 0 Å². The van der Waals surface area contributed by atoms with E-state index in [2.05, 4.69) is 34.6 Å². The summed E-state index contributed by atoms with van der Waals surface area (Å²) >= 11 is 0. The van der Waals surface area contributed by atoms with E-state index in [1.54, 1.807) is 0 Å². The SMILES string of the molecule is CCCCC(C)(C)C(C)C.N=C=O.N=C=O. The summed E-state index contributed by atoms with van der Waals surface area (Å²) in [5, 5.41) is 10.8. The second kappa shape index (κ2) is 13.8. The van der Waals surface area contributed by atoms with Crippen LogP contribution in [-0.2, 0) is 9.59 Å². The molecule has 0 amide bonds. The maximum absolute atomic E-state index is 8.35. The third-order valence-corrected chi connectivity index (χ3v) is 2.74. The van der Waals surface area contributed by atoms with E-state index >= 15 is 0 Å². The van der Waals surface area contributed by atoms with Crippen LogP contribution >= 0.6 is 0 Å². The second-order valence-corrected chi connectivity index (χ2v) is 4.45. The third-order valence-electron chi connectivity index (χ3n) is 2.74. The van der Waals surface area contributed by atoms with E-state index in [-0.39, 0.29) is 0 Å². The molecular formula is C12H24N2O2. The highest BCUT2D eigenvalue weighted by molar-refractivity contribution is 5.26. The fourth-order valence-electron chi connectivity index (χ4n) is 0.921. The lowest BCUT2D eigenvalue weighted by Crippen LogP contribution is -2.18. The topological polar surface area (TPSA) is 81.8 Å². The van der Waals surface area contributed by atoms with Gasteiger partial charge in [-0.3, -0.25) is 0 Å². The molecule has 0 heterocycles. The Morgan fingerprint density at radius 3 is 1.62 bits per heavy atom. The minimum absolute atomic E-state index is 0.552. The van der Waals surface area contributed by atoms with E-state index in [0.717, 1.165) is 18.1 Å². The van der Waals surface area contributed by atoms with E-state index in [0.29, 0.717) is 5.41 Å². The molecule has 0 fully saturated rings.